The highest BCUT2D eigenvalue weighted by Gasteiger charge is 2.11. The average molecular weight is 440 g/mol. The molecule has 7 heteroatoms. The maximum absolute atomic E-state index is 13.2. The summed E-state index contributed by atoms with van der Waals surface area (Å²) < 4.78 is 18.3. The molecule has 0 fully saturated rings. The van der Waals surface area contributed by atoms with Gasteiger partial charge < -0.3 is 15.4 Å². The van der Waals surface area contributed by atoms with Gasteiger partial charge in [0.05, 0.1) is 12.7 Å². The average Bonchev–Trinajstić information content (AvgIpc) is 2.85. The summed E-state index contributed by atoms with van der Waals surface area (Å²) in [5.74, 6) is 1.21. The van der Waals surface area contributed by atoms with E-state index >= 15 is 0 Å². The van der Waals surface area contributed by atoms with Crippen LogP contribution in [-0.4, -0.2) is 22.9 Å². The molecular weight excluding hydrogens is 419 g/mol. The predicted octanol–water partition coefficient (Wildman–Crippen LogP) is 6.01. The van der Waals surface area contributed by atoms with Crippen molar-refractivity contribution in [3.63, 3.8) is 0 Å². The maximum atomic E-state index is 13.2. The number of rotatable bonds is 8. The number of halogens is 1. The first-order chi connectivity index (χ1) is 16.1. The van der Waals surface area contributed by atoms with Crippen LogP contribution < -0.4 is 15.4 Å². The van der Waals surface area contributed by atoms with Crippen molar-refractivity contribution in [2.24, 2.45) is 0 Å². The molecule has 4 rings (SSSR count). The lowest BCUT2D eigenvalue weighted by molar-refractivity contribution is 0.104. The monoisotopic (exact) mass is 440 g/mol. The van der Waals surface area contributed by atoms with E-state index in [4.69, 9.17) is 4.74 Å². The van der Waals surface area contributed by atoms with Crippen molar-refractivity contribution < 1.29 is 13.9 Å². The van der Waals surface area contributed by atoms with E-state index in [0.29, 0.717) is 28.5 Å². The highest BCUT2D eigenvalue weighted by atomic mass is 19.1. The number of carbonyl (C=O) groups is 1. The van der Waals surface area contributed by atoms with E-state index in [2.05, 4.69) is 20.6 Å². The molecule has 2 N–H and O–H groups in total. The van der Waals surface area contributed by atoms with Crippen molar-refractivity contribution in [1.29, 1.82) is 0 Å². The summed E-state index contributed by atoms with van der Waals surface area (Å²) >= 11 is 0. The highest BCUT2D eigenvalue weighted by molar-refractivity contribution is 6.10. The van der Waals surface area contributed by atoms with Gasteiger partial charge in [-0.25, -0.2) is 14.4 Å². The van der Waals surface area contributed by atoms with Gasteiger partial charge in [-0.15, -0.1) is 0 Å². The fourth-order valence-corrected chi connectivity index (χ4v) is 3.10. The molecule has 0 unspecified atom stereocenters. The number of ketones is 1. The van der Waals surface area contributed by atoms with Gasteiger partial charge >= 0.3 is 0 Å². The standard InChI is InChI=1S/C26H21FN4O2/c1-33-22-13-11-21(12-14-22)31-26-23(5-3-17-29-26)24(32)15-6-18-4-2-16-28-25(18)30-20-9-7-19(27)8-10-20/h2-17H,1H3,(H,28,30)(H,29,31)/b15-6+. The van der Waals surface area contributed by atoms with Crippen LogP contribution in [0.3, 0.4) is 0 Å². The van der Waals surface area contributed by atoms with Crippen molar-refractivity contribution in [3.05, 3.63) is 108 Å². The third-order valence-corrected chi connectivity index (χ3v) is 4.79. The van der Waals surface area contributed by atoms with E-state index in [1.807, 2.05) is 30.3 Å². The first kappa shape index (κ1) is 21.7. The molecule has 2 aromatic carbocycles. The summed E-state index contributed by atoms with van der Waals surface area (Å²) in [7, 11) is 1.60. The van der Waals surface area contributed by atoms with Gasteiger partial charge in [-0.05, 0) is 84.9 Å². The second-order valence-electron chi connectivity index (χ2n) is 7.02. The number of carbonyl (C=O) groups excluding carboxylic acids is 1. The highest BCUT2D eigenvalue weighted by Crippen LogP contribution is 2.23. The van der Waals surface area contributed by atoms with Crippen LogP contribution in [0, 0.1) is 5.82 Å². The quantitative estimate of drug-likeness (QED) is 0.258. The lowest BCUT2D eigenvalue weighted by Crippen LogP contribution is -2.03. The molecule has 0 aliphatic carbocycles. The third kappa shape index (κ3) is 5.59. The number of hydrogen-bond acceptors (Lipinski definition) is 6. The fourth-order valence-electron chi connectivity index (χ4n) is 3.10. The van der Waals surface area contributed by atoms with Crippen molar-refractivity contribution >= 4 is 34.9 Å². The topological polar surface area (TPSA) is 76.1 Å². The Morgan fingerprint density at radius 3 is 2.15 bits per heavy atom. The SMILES string of the molecule is COc1ccc(Nc2ncccc2C(=O)/C=C/c2cccnc2Nc2ccc(F)cc2)cc1. The summed E-state index contributed by atoms with van der Waals surface area (Å²) in [6.45, 7) is 0. The zero-order valence-corrected chi connectivity index (χ0v) is 17.8. The van der Waals surface area contributed by atoms with Crippen LogP contribution in [0.2, 0.25) is 0 Å². The van der Waals surface area contributed by atoms with Crippen LogP contribution in [0.5, 0.6) is 5.75 Å². The van der Waals surface area contributed by atoms with Gasteiger partial charge in [0, 0.05) is 29.3 Å². The van der Waals surface area contributed by atoms with Gasteiger partial charge in [0.25, 0.3) is 0 Å². The minimum absolute atomic E-state index is 0.212. The van der Waals surface area contributed by atoms with Gasteiger partial charge in [-0.2, -0.15) is 0 Å². The number of ether oxygens (including phenoxy) is 1. The minimum Gasteiger partial charge on any atom is -0.497 e. The molecule has 0 saturated heterocycles. The van der Waals surface area contributed by atoms with Crippen LogP contribution in [0.4, 0.5) is 27.4 Å². The van der Waals surface area contributed by atoms with Crippen LogP contribution in [0.1, 0.15) is 15.9 Å². The van der Waals surface area contributed by atoms with Crippen molar-refractivity contribution in [1.82, 2.24) is 9.97 Å². The van der Waals surface area contributed by atoms with Crippen molar-refractivity contribution in [2.75, 3.05) is 17.7 Å². The lowest BCUT2D eigenvalue weighted by Gasteiger charge is -2.10. The summed E-state index contributed by atoms with van der Waals surface area (Å²) in [5, 5.41) is 6.32. The molecule has 0 radical (unpaired) electrons. The summed E-state index contributed by atoms with van der Waals surface area (Å²) in [5.41, 5.74) is 2.62. The Balaban J connectivity index is 1.53. The zero-order chi connectivity index (χ0) is 23.0. The van der Waals surface area contributed by atoms with Gasteiger partial charge in [0.1, 0.15) is 23.2 Å². The summed E-state index contributed by atoms with van der Waals surface area (Å²) in [6, 6.07) is 20.4. The molecule has 0 spiro atoms. The van der Waals surface area contributed by atoms with Crippen LogP contribution in [-0.2, 0) is 0 Å². The third-order valence-electron chi connectivity index (χ3n) is 4.79. The zero-order valence-electron chi connectivity index (χ0n) is 17.8. The van der Waals surface area contributed by atoms with E-state index in [-0.39, 0.29) is 11.6 Å². The molecule has 6 nitrogen and oxygen atoms in total. The molecule has 4 aromatic rings. The normalized spacial score (nSPS) is 10.7. The summed E-state index contributed by atoms with van der Waals surface area (Å²) in [4.78, 5) is 21.6. The number of methoxy groups -OCH3 is 1. The molecule has 0 aliphatic heterocycles. The number of anilines is 4. The summed E-state index contributed by atoms with van der Waals surface area (Å²) in [6.07, 6.45) is 6.43. The Bertz CT molecular complexity index is 1270. The van der Waals surface area contributed by atoms with E-state index in [1.165, 1.54) is 18.2 Å². The van der Waals surface area contributed by atoms with Crippen molar-refractivity contribution in [2.45, 2.75) is 0 Å². The van der Waals surface area contributed by atoms with Crippen LogP contribution in [0.15, 0.2) is 91.3 Å². The predicted molar refractivity (Wildman–Crippen MR) is 128 cm³/mol. The number of benzene rings is 2. The maximum Gasteiger partial charge on any atom is 0.189 e. The minimum atomic E-state index is -0.317. The number of hydrogen-bond donors (Lipinski definition) is 2. The van der Waals surface area contributed by atoms with Gasteiger partial charge in [-0.3, -0.25) is 4.79 Å². The number of nitrogens with one attached hydrogen (secondary N) is 2. The Labute approximate surface area is 190 Å². The van der Waals surface area contributed by atoms with E-state index in [1.54, 1.807) is 55.9 Å². The molecule has 0 amide bonds. The van der Waals surface area contributed by atoms with E-state index in [0.717, 1.165) is 11.4 Å². The smallest absolute Gasteiger partial charge is 0.189 e. The van der Waals surface area contributed by atoms with Gasteiger partial charge in [-0.1, -0.05) is 0 Å². The molecule has 0 saturated carbocycles. The number of pyridine rings is 2. The lowest BCUT2D eigenvalue weighted by atomic mass is 10.1. The molecule has 164 valence electrons. The number of allylic oxidation sites excluding steroid dienone is 1. The molecule has 0 atom stereocenters. The fraction of sp³-hybridized carbons (Fsp3) is 0.0385. The molecule has 0 aliphatic rings. The largest absolute Gasteiger partial charge is 0.497 e. The second-order valence-corrected chi connectivity index (χ2v) is 7.02. The molecule has 33 heavy (non-hydrogen) atoms. The first-order valence-electron chi connectivity index (χ1n) is 10.2. The molecule has 0 bridgehead atoms. The molecular formula is C26H21FN4O2. The van der Waals surface area contributed by atoms with E-state index < -0.39 is 0 Å². The van der Waals surface area contributed by atoms with E-state index in [9.17, 15) is 9.18 Å². The van der Waals surface area contributed by atoms with Crippen molar-refractivity contribution in [3.8, 4) is 5.75 Å². The first-order valence-corrected chi connectivity index (χ1v) is 10.2. The Morgan fingerprint density at radius 1 is 0.848 bits per heavy atom. The Hall–Kier alpha value is -4.52. The Kier molecular flexibility index (Phi) is 6.70. The van der Waals surface area contributed by atoms with Crippen LogP contribution >= 0.6 is 0 Å². The van der Waals surface area contributed by atoms with Crippen LogP contribution in [0.25, 0.3) is 6.08 Å². The number of nitrogens with zero attached hydrogens (tertiary/aromatic N) is 2. The van der Waals surface area contributed by atoms with Gasteiger partial charge in [0.2, 0.25) is 0 Å². The molecule has 2 heterocycles. The second kappa shape index (κ2) is 10.2. The number of aromatic nitrogens is 2. The Morgan fingerprint density at radius 2 is 1.45 bits per heavy atom. The molecule has 2 aromatic heterocycles. The van der Waals surface area contributed by atoms with Gasteiger partial charge in [0.15, 0.2) is 5.78 Å².